The Kier molecular flexibility index (Phi) is 6.91. The number of hydrogen-bond donors (Lipinski definition) is 0. The molecule has 3 aromatic rings. The van der Waals surface area contributed by atoms with Crippen LogP contribution < -0.4 is 0 Å². The summed E-state index contributed by atoms with van der Waals surface area (Å²) < 4.78 is 27.4. The molecule has 0 amide bonds. The molecule has 0 radical (unpaired) electrons. The van der Waals surface area contributed by atoms with Gasteiger partial charge in [0.25, 0.3) is 0 Å². The van der Waals surface area contributed by atoms with E-state index >= 15 is 0 Å². The van der Waals surface area contributed by atoms with Gasteiger partial charge in [-0.25, -0.2) is 8.42 Å². The van der Waals surface area contributed by atoms with Gasteiger partial charge in [0.1, 0.15) is 5.25 Å². The molecular formula is C23H18BrClO4S. The summed E-state index contributed by atoms with van der Waals surface area (Å²) in [5.41, 5.74) is 1.41. The quantitative estimate of drug-likeness (QED) is 0.386. The maximum Gasteiger partial charge on any atom is 0.189 e. The summed E-state index contributed by atoms with van der Waals surface area (Å²) in [6.07, 6.45) is -0.466. The maximum atomic E-state index is 13.3. The Morgan fingerprint density at radius 2 is 1.40 bits per heavy atom. The fourth-order valence-corrected chi connectivity index (χ4v) is 4.98. The number of aryl methyl sites for hydroxylation is 1. The molecule has 30 heavy (non-hydrogen) atoms. The first kappa shape index (κ1) is 22.4. The predicted molar refractivity (Wildman–Crippen MR) is 121 cm³/mol. The SMILES string of the molecule is Cc1ccc(S(=O)(=O)[C@@H](CC(=O)c2ccc(Cl)cc2)C(=O)c2ccc(Br)cc2)cc1. The number of rotatable bonds is 7. The fraction of sp³-hybridized carbons (Fsp3) is 0.130. The van der Waals surface area contributed by atoms with E-state index in [0.717, 1.165) is 10.0 Å². The molecule has 0 aliphatic carbocycles. The van der Waals surface area contributed by atoms with Gasteiger partial charge in [0, 0.05) is 27.0 Å². The molecule has 4 nitrogen and oxygen atoms in total. The molecule has 0 fully saturated rings. The molecule has 0 aromatic heterocycles. The monoisotopic (exact) mass is 504 g/mol. The van der Waals surface area contributed by atoms with Gasteiger partial charge < -0.3 is 0 Å². The number of benzene rings is 3. The third-order valence-electron chi connectivity index (χ3n) is 4.68. The zero-order valence-corrected chi connectivity index (χ0v) is 19.2. The number of hydrogen-bond acceptors (Lipinski definition) is 4. The molecule has 3 aromatic carbocycles. The van der Waals surface area contributed by atoms with Crippen LogP contribution in [0.2, 0.25) is 5.02 Å². The van der Waals surface area contributed by atoms with Gasteiger partial charge >= 0.3 is 0 Å². The Hall–Kier alpha value is -2.28. The first-order chi connectivity index (χ1) is 14.2. The van der Waals surface area contributed by atoms with Crippen LogP contribution in [0.4, 0.5) is 0 Å². The van der Waals surface area contributed by atoms with Crippen LogP contribution in [-0.2, 0) is 9.84 Å². The minimum absolute atomic E-state index is 0.00691. The van der Waals surface area contributed by atoms with E-state index in [-0.39, 0.29) is 10.5 Å². The summed E-state index contributed by atoms with van der Waals surface area (Å²) in [6, 6.07) is 18.8. The van der Waals surface area contributed by atoms with Gasteiger partial charge in [-0.05, 0) is 55.5 Å². The Balaban J connectivity index is 2.02. The van der Waals surface area contributed by atoms with E-state index in [1.165, 1.54) is 36.4 Å². The predicted octanol–water partition coefficient (Wildman–Crippen LogP) is 5.71. The van der Waals surface area contributed by atoms with Crippen LogP contribution in [0.15, 0.2) is 82.2 Å². The van der Waals surface area contributed by atoms with Crippen molar-refractivity contribution in [3.05, 3.63) is 99.0 Å². The second-order valence-electron chi connectivity index (χ2n) is 6.85. The standard InChI is InChI=1S/C23H18BrClO4S/c1-15-2-12-20(13-3-15)30(28,29)22(23(27)17-4-8-18(24)9-5-17)14-21(26)16-6-10-19(25)11-7-16/h2-13,22H,14H2,1H3/t22-/m0/s1. The van der Waals surface area contributed by atoms with Gasteiger partial charge in [0.15, 0.2) is 21.4 Å². The van der Waals surface area contributed by atoms with Crippen LogP contribution >= 0.6 is 27.5 Å². The van der Waals surface area contributed by atoms with Crippen molar-refractivity contribution in [2.24, 2.45) is 0 Å². The van der Waals surface area contributed by atoms with Crippen molar-refractivity contribution < 1.29 is 18.0 Å². The molecule has 0 N–H and O–H groups in total. The summed E-state index contributed by atoms with van der Waals surface area (Å²) in [5.74, 6) is -1.07. The van der Waals surface area contributed by atoms with Gasteiger partial charge in [-0.2, -0.15) is 0 Å². The van der Waals surface area contributed by atoms with Gasteiger partial charge in [-0.15, -0.1) is 0 Å². The van der Waals surface area contributed by atoms with E-state index in [4.69, 9.17) is 11.6 Å². The Labute approximate surface area is 188 Å². The number of carbonyl (C=O) groups excluding carboxylic acids is 2. The van der Waals surface area contributed by atoms with Crippen molar-refractivity contribution in [1.82, 2.24) is 0 Å². The summed E-state index contributed by atoms with van der Waals surface area (Å²) in [4.78, 5) is 26.0. The molecule has 0 spiro atoms. The van der Waals surface area contributed by atoms with Crippen LogP contribution in [0.1, 0.15) is 32.7 Å². The third-order valence-corrected chi connectivity index (χ3v) is 7.52. The molecule has 3 rings (SSSR count). The molecule has 0 aliphatic rings. The van der Waals surface area contributed by atoms with Crippen LogP contribution in [0.5, 0.6) is 0 Å². The van der Waals surface area contributed by atoms with E-state index in [1.807, 2.05) is 6.92 Å². The van der Waals surface area contributed by atoms with Crippen molar-refractivity contribution >= 4 is 48.9 Å². The molecule has 7 heteroatoms. The van der Waals surface area contributed by atoms with Crippen LogP contribution in [0.25, 0.3) is 0 Å². The zero-order valence-electron chi connectivity index (χ0n) is 16.0. The first-order valence-electron chi connectivity index (χ1n) is 9.07. The minimum Gasteiger partial charge on any atom is -0.294 e. The number of halogens is 2. The highest BCUT2D eigenvalue weighted by molar-refractivity contribution is 9.10. The molecule has 0 unspecified atom stereocenters. The highest BCUT2D eigenvalue weighted by Crippen LogP contribution is 2.25. The minimum atomic E-state index is -4.09. The van der Waals surface area contributed by atoms with Gasteiger partial charge in [-0.1, -0.05) is 57.4 Å². The summed E-state index contributed by atoms with van der Waals surface area (Å²) in [7, 11) is -4.09. The summed E-state index contributed by atoms with van der Waals surface area (Å²) >= 11 is 9.16. The van der Waals surface area contributed by atoms with Crippen molar-refractivity contribution in [3.63, 3.8) is 0 Å². The average Bonchev–Trinajstić information content (AvgIpc) is 2.72. The smallest absolute Gasteiger partial charge is 0.189 e. The van der Waals surface area contributed by atoms with Gasteiger partial charge in [0.2, 0.25) is 0 Å². The first-order valence-corrected chi connectivity index (χ1v) is 11.8. The van der Waals surface area contributed by atoms with E-state index in [2.05, 4.69) is 15.9 Å². The van der Waals surface area contributed by atoms with Crippen molar-refractivity contribution in [2.45, 2.75) is 23.5 Å². The Bertz CT molecular complexity index is 1170. The normalized spacial score (nSPS) is 12.4. The number of Topliss-reactive ketones (excluding diaryl/α,β-unsaturated/α-hetero) is 2. The van der Waals surface area contributed by atoms with E-state index < -0.39 is 33.1 Å². The molecule has 0 aliphatic heterocycles. The lowest BCUT2D eigenvalue weighted by molar-refractivity contribution is 0.0920. The van der Waals surface area contributed by atoms with Crippen molar-refractivity contribution in [2.75, 3.05) is 0 Å². The lowest BCUT2D eigenvalue weighted by Gasteiger charge is -2.17. The molecule has 0 bridgehead atoms. The fourth-order valence-electron chi connectivity index (χ4n) is 2.96. The number of ketones is 2. The number of sulfone groups is 1. The molecule has 0 heterocycles. The van der Waals surface area contributed by atoms with Gasteiger partial charge in [0.05, 0.1) is 4.90 Å². The van der Waals surface area contributed by atoms with Crippen LogP contribution in [-0.4, -0.2) is 25.2 Å². The van der Waals surface area contributed by atoms with Crippen LogP contribution in [0.3, 0.4) is 0 Å². The molecule has 1 atom stereocenters. The van der Waals surface area contributed by atoms with Gasteiger partial charge in [-0.3, -0.25) is 9.59 Å². The van der Waals surface area contributed by atoms with E-state index in [0.29, 0.717) is 10.6 Å². The highest BCUT2D eigenvalue weighted by Gasteiger charge is 2.36. The maximum absolute atomic E-state index is 13.3. The number of carbonyl (C=O) groups is 2. The lowest BCUT2D eigenvalue weighted by Crippen LogP contribution is -2.33. The van der Waals surface area contributed by atoms with E-state index in [9.17, 15) is 18.0 Å². The molecular weight excluding hydrogens is 488 g/mol. The summed E-state index contributed by atoms with van der Waals surface area (Å²) in [6.45, 7) is 1.84. The van der Waals surface area contributed by atoms with E-state index in [1.54, 1.807) is 36.4 Å². The molecule has 154 valence electrons. The highest BCUT2D eigenvalue weighted by atomic mass is 79.9. The second kappa shape index (κ2) is 9.25. The molecule has 0 saturated carbocycles. The summed E-state index contributed by atoms with van der Waals surface area (Å²) in [5, 5.41) is -1.08. The molecule has 0 saturated heterocycles. The Morgan fingerprint density at radius 3 is 1.97 bits per heavy atom. The van der Waals surface area contributed by atoms with Crippen molar-refractivity contribution in [1.29, 1.82) is 0 Å². The average molecular weight is 506 g/mol. The zero-order chi connectivity index (χ0) is 21.9. The Morgan fingerprint density at radius 1 is 0.867 bits per heavy atom. The largest absolute Gasteiger partial charge is 0.294 e. The lowest BCUT2D eigenvalue weighted by atomic mass is 10.0. The third kappa shape index (κ3) is 5.06. The topological polar surface area (TPSA) is 68.3 Å². The van der Waals surface area contributed by atoms with Crippen LogP contribution in [0, 0.1) is 6.92 Å². The van der Waals surface area contributed by atoms with Crippen molar-refractivity contribution in [3.8, 4) is 0 Å². The second-order valence-corrected chi connectivity index (χ2v) is 10.3.